The third-order valence-corrected chi connectivity index (χ3v) is 4.43. The normalized spacial score (nSPS) is 11.3. The van der Waals surface area contributed by atoms with E-state index in [9.17, 15) is 18.0 Å². The summed E-state index contributed by atoms with van der Waals surface area (Å²) < 4.78 is 46.0. The van der Waals surface area contributed by atoms with Crippen LogP contribution in [0.4, 0.5) is 13.2 Å². The molecular formula is C20H14ArClF3N2O4. The number of rotatable bonds is 5. The van der Waals surface area contributed by atoms with Crippen molar-refractivity contribution in [1.29, 1.82) is 0 Å². The van der Waals surface area contributed by atoms with E-state index >= 15 is 0 Å². The van der Waals surface area contributed by atoms with Gasteiger partial charge in [0.25, 0.3) is 0 Å². The minimum absolute atomic E-state index is 0. The Kier molecular flexibility index (Phi) is 8.41. The number of alkyl halides is 3. The Morgan fingerprint density at radius 2 is 1.55 bits per heavy atom. The topological polar surface area (TPSA) is 83.9 Å². The molecule has 0 radical (unpaired) electrons. The second-order valence-corrected chi connectivity index (χ2v) is 6.45. The summed E-state index contributed by atoms with van der Waals surface area (Å²) in [5, 5.41) is 11.8. The minimum atomic E-state index is -4.77. The quantitative estimate of drug-likeness (QED) is 0.288. The van der Waals surface area contributed by atoms with Crippen LogP contribution in [0.2, 0.25) is 5.02 Å². The Bertz CT molecular complexity index is 1130. The van der Waals surface area contributed by atoms with Crippen LogP contribution in [0.25, 0.3) is 11.1 Å². The Labute approximate surface area is 209 Å². The summed E-state index contributed by atoms with van der Waals surface area (Å²) in [6, 6.07) is 11.3. The average Bonchev–Trinajstić information content (AvgIpc) is 2.68. The number of aromatic amines is 1. The van der Waals surface area contributed by atoms with Gasteiger partial charge in [-0.3, -0.25) is 4.79 Å². The van der Waals surface area contributed by atoms with Gasteiger partial charge in [-0.25, -0.2) is 0 Å². The van der Waals surface area contributed by atoms with Gasteiger partial charge in [0.1, 0.15) is 22.3 Å². The first-order chi connectivity index (χ1) is 14.2. The maximum absolute atomic E-state index is 12.6. The molecule has 1 heterocycles. The van der Waals surface area contributed by atoms with E-state index in [1.807, 2.05) is 0 Å². The summed E-state index contributed by atoms with van der Waals surface area (Å²) in [6.45, 7) is 1.62. The maximum atomic E-state index is 12.6. The van der Waals surface area contributed by atoms with E-state index < -0.39 is 11.8 Å². The molecule has 3 aromatic rings. The standard InChI is InChI=1S/C20H14ClF3N2O4.Ar/c1-11-18(21)19(27)17(16(26-11)10-25-28)12-2-4-13(5-3-12)29-14-6-8-15(9-7-14)30-20(22,23)24;/h2-10,28H,1H3,(H,26,27);. The molecule has 0 aliphatic carbocycles. The molecule has 0 aliphatic rings. The molecule has 2 aromatic carbocycles. The number of H-pyrrole nitrogens is 1. The molecule has 164 valence electrons. The van der Waals surface area contributed by atoms with Gasteiger partial charge >= 0.3 is 6.36 Å². The number of hydrogen-bond donors (Lipinski definition) is 2. The van der Waals surface area contributed by atoms with Gasteiger partial charge in [-0.2, -0.15) is 0 Å². The van der Waals surface area contributed by atoms with Crippen molar-refractivity contribution in [3.05, 3.63) is 75.2 Å². The van der Waals surface area contributed by atoms with E-state index in [2.05, 4.69) is 14.9 Å². The van der Waals surface area contributed by atoms with Crippen molar-refractivity contribution >= 4 is 17.8 Å². The largest absolute Gasteiger partial charge is 0.573 e. The molecule has 0 amide bonds. The van der Waals surface area contributed by atoms with Crippen LogP contribution in [-0.4, -0.2) is 22.8 Å². The number of halogens is 4. The monoisotopic (exact) mass is 478 g/mol. The third-order valence-electron chi connectivity index (χ3n) is 3.97. The fourth-order valence-electron chi connectivity index (χ4n) is 2.70. The van der Waals surface area contributed by atoms with Gasteiger partial charge in [0.2, 0.25) is 5.43 Å². The van der Waals surface area contributed by atoms with Crippen LogP contribution in [0, 0.1) is 44.7 Å². The van der Waals surface area contributed by atoms with Crippen molar-refractivity contribution in [2.24, 2.45) is 5.16 Å². The predicted molar refractivity (Wildman–Crippen MR) is 105 cm³/mol. The zero-order chi connectivity index (χ0) is 21.9. The molecule has 6 nitrogen and oxygen atoms in total. The zero-order valence-electron chi connectivity index (χ0n) is 15.7. The Hall–Kier alpha value is -2.20. The molecule has 0 spiro atoms. The molecule has 0 saturated heterocycles. The Balaban J connectivity index is 0.00000341. The number of hydrogen-bond acceptors (Lipinski definition) is 5. The van der Waals surface area contributed by atoms with Gasteiger partial charge in [0.05, 0.1) is 17.5 Å². The van der Waals surface area contributed by atoms with E-state index in [1.165, 1.54) is 12.1 Å². The van der Waals surface area contributed by atoms with Crippen LogP contribution in [-0.2, 0) is 0 Å². The first-order valence-corrected chi connectivity index (χ1v) is 8.79. The van der Waals surface area contributed by atoms with Crippen LogP contribution in [0.3, 0.4) is 0 Å². The van der Waals surface area contributed by atoms with Gasteiger partial charge in [-0.15, -0.1) is 13.2 Å². The first kappa shape index (κ1) is 25.1. The molecule has 0 fully saturated rings. The van der Waals surface area contributed by atoms with E-state index in [-0.39, 0.29) is 59.8 Å². The Morgan fingerprint density at radius 1 is 1.03 bits per heavy atom. The smallest absolute Gasteiger partial charge is 0.457 e. The molecule has 0 unspecified atom stereocenters. The van der Waals surface area contributed by atoms with Crippen molar-refractivity contribution < 1.29 is 65.6 Å². The number of nitrogens with zero attached hydrogens (tertiary/aromatic N) is 1. The van der Waals surface area contributed by atoms with Gasteiger partial charge in [0, 0.05) is 43.4 Å². The number of nitrogens with one attached hydrogen (secondary N) is 1. The number of pyridine rings is 1. The van der Waals surface area contributed by atoms with Crippen LogP contribution >= 0.6 is 11.6 Å². The summed E-state index contributed by atoms with van der Waals surface area (Å²) in [7, 11) is 0. The van der Waals surface area contributed by atoms with Crippen molar-refractivity contribution in [2.75, 3.05) is 0 Å². The molecular weight excluding hydrogens is 465 g/mol. The van der Waals surface area contributed by atoms with E-state index in [1.54, 1.807) is 31.2 Å². The van der Waals surface area contributed by atoms with Crippen LogP contribution < -0.4 is 14.9 Å². The van der Waals surface area contributed by atoms with Crippen molar-refractivity contribution in [3.8, 4) is 28.4 Å². The fourth-order valence-corrected chi connectivity index (χ4v) is 2.84. The maximum Gasteiger partial charge on any atom is 0.573 e. The number of aromatic nitrogens is 1. The predicted octanol–water partition coefficient (Wildman–Crippen LogP) is 5.50. The summed E-state index contributed by atoms with van der Waals surface area (Å²) in [5.41, 5.74) is 0.978. The summed E-state index contributed by atoms with van der Waals surface area (Å²) in [6.07, 6.45) is -3.68. The molecule has 0 aliphatic heterocycles. The van der Waals surface area contributed by atoms with Gasteiger partial charge < -0.3 is 19.7 Å². The van der Waals surface area contributed by atoms with Crippen molar-refractivity contribution in [2.45, 2.75) is 13.3 Å². The summed E-state index contributed by atoms with van der Waals surface area (Å²) in [5.74, 6) is 0.315. The van der Waals surface area contributed by atoms with Gasteiger partial charge in [0.15, 0.2) is 0 Å². The van der Waals surface area contributed by atoms with Crippen molar-refractivity contribution in [3.63, 3.8) is 0 Å². The molecule has 0 saturated carbocycles. The van der Waals surface area contributed by atoms with Crippen LogP contribution in [0.1, 0.15) is 11.4 Å². The van der Waals surface area contributed by atoms with Crippen LogP contribution in [0.15, 0.2) is 58.5 Å². The van der Waals surface area contributed by atoms with E-state index in [0.29, 0.717) is 22.8 Å². The molecule has 31 heavy (non-hydrogen) atoms. The number of ether oxygens (including phenoxy) is 2. The second-order valence-electron chi connectivity index (χ2n) is 6.07. The van der Waals surface area contributed by atoms with Crippen LogP contribution in [0.5, 0.6) is 17.2 Å². The number of aryl methyl sites for hydroxylation is 1. The fraction of sp³-hybridized carbons (Fsp3) is 0.100. The molecule has 2 N–H and O–H groups in total. The number of oxime groups is 1. The van der Waals surface area contributed by atoms with Crippen molar-refractivity contribution in [1.82, 2.24) is 4.98 Å². The number of benzene rings is 2. The van der Waals surface area contributed by atoms with E-state index in [4.69, 9.17) is 21.5 Å². The third kappa shape index (κ3) is 6.39. The Morgan fingerprint density at radius 3 is 2.06 bits per heavy atom. The van der Waals surface area contributed by atoms with Gasteiger partial charge in [-0.05, 0) is 48.9 Å². The SMILES string of the molecule is Cc1[nH]c(C=NO)c(-c2ccc(Oc3ccc(OC(F)(F)F)cc3)cc2)c(=O)c1Cl.[Ar]. The summed E-state index contributed by atoms with van der Waals surface area (Å²) >= 11 is 6.04. The minimum Gasteiger partial charge on any atom is -0.457 e. The second kappa shape index (κ2) is 10.4. The molecule has 0 atom stereocenters. The molecule has 3 rings (SSSR count). The van der Waals surface area contributed by atoms with Gasteiger partial charge in [-0.1, -0.05) is 28.9 Å². The van der Waals surface area contributed by atoms with E-state index in [0.717, 1.165) is 18.3 Å². The summed E-state index contributed by atoms with van der Waals surface area (Å²) in [4.78, 5) is 15.5. The average molecular weight is 479 g/mol. The molecule has 11 heteroatoms. The molecule has 0 bridgehead atoms. The zero-order valence-corrected chi connectivity index (χ0v) is 17.1. The molecule has 1 aromatic heterocycles. The first-order valence-electron chi connectivity index (χ1n) is 8.42.